The lowest BCUT2D eigenvalue weighted by molar-refractivity contribution is -0.142. The van der Waals surface area contributed by atoms with E-state index >= 15 is 0 Å². The van der Waals surface area contributed by atoms with Crippen LogP contribution in [0.2, 0.25) is 0 Å². The molecule has 0 heterocycles. The molecule has 0 aliphatic rings. The molecule has 0 aliphatic heterocycles. The van der Waals surface area contributed by atoms with Gasteiger partial charge in [0, 0.05) is 13.1 Å². The summed E-state index contributed by atoms with van der Waals surface area (Å²) in [4.78, 5) is 27.9. The standard InChI is InChI=1S/C7H17N2O8P/c8-1-2-9-7(13)6(12)5(11)4(10)3-17-18(14,15)16/h4-6,10-12H,1-3,8H2,(H,9,13)(H2,14,15,16)/t4-,5-,6+/m1/s1. The number of rotatable bonds is 8. The molecule has 0 aromatic carbocycles. The highest BCUT2D eigenvalue weighted by Crippen LogP contribution is 2.35. The Hall–Kier alpha value is -0.580. The number of nitrogens with one attached hydrogen (secondary N) is 1. The van der Waals surface area contributed by atoms with Gasteiger partial charge in [-0.25, -0.2) is 4.57 Å². The Morgan fingerprint density at radius 1 is 1.33 bits per heavy atom. The molecule has 0 aromatic rings. The Morgan fingerprint density at radius 2 is 1.89 bits per heavy atom. The Morgan fingerprint density at radius 3 is 2.33 bits per heavy atom. The topological polar surface area (TPSA) is 183 Å². The molecule has 8 N–H and O–H groups in total. The van der Waals surface area contributed by atoms with Gasteiger partial charge in [0.15, 0.2) is 6.10 Å². The number of carbonyl (C=O) groups is 1. The minimum atomic E-state index is -4.80. The van der Waals surface area contributed by atoms with E-state index in [1.54, 1.807) is 0 Å². The molecule has 0 fully saturated rings. The molecule has 18 heavy (non-hydrogen) atoms. The molecule has 0 radical (unpaired) electrons. The molecule has 0 aromatic heterocycles. The number of hydrogen-bond acceptors (Lipinski definition) is 7. The summed E-state index contributed by atoms with van der Waals surface area (Å²) >= 11 is 0. The van der Waals surface area contributed by atoms with E-state index in [0.29, 0.717) is 0 Å². The van der Waals surface area contributed by atoms with Crippen LogP contribution in [0.3, 0.4) is 0 Å². The van der Waals surface area contributed by atoms with Crippen molar-refractivity contribution in [1.82, 2.24) is 5.32 Å². The van der Waals surface area contributed by atoms with Crippen molar-refractivity contribution in [1.29, 1.82) is 0 Å². The second-order valence-corrected chi connectivity index (χ2v) is 4.61. The summed E-state index contributed by atoms with van der Waals surface area (Å²) in [7, 11) is -4.80. The van der Waals surface area contributed by atoms with Gasteiger partial charge >= 0.3 is 7.82 Å². The van der Waals surface area contributed by atoms with E-state index < -0.39 is 38.6 Å². The van der Waals surface area contributed by atoms with Crippen molar-refractivity contribution in [2.45, 2.75) is 18.3 Å². The maximum atomic E-state index is 11.2. The first kappa shape index (κ1) is 17.4. The molecule has 0 saturated carbocycles. The summed E-state index contributed by atoms with van der Waals surface area (Å²) in [5.41, 5.74) is 5.09. The predicted octanol–water partition coefficient (Wildman–Crippen LogP) is -3.75. The summed E-state index contributed by atoms with van der Waals surface area (Å²) in [6.07, 6.45) is -5.75. The molecule has 0 rings (SSSR count). The van der Waals surface area contributed by atoms with Crippen LogP contribution in [0, 0.1) is 0 Å². The van der Waals surface area contributed by atoms with E-state index in [2.05, 4.69) is 9.84 Å². The highest BCUT2D eigenvalue weighted by molar-refractivity contribution is 7.46. The molecule has 0 aliphatic carbocycles. The zero-order valence-corrected chi connectivity index (χ0v) is 10.2. The average molecular weight is 288 g/mol. The molecule has 0 saturated heterocycles. The van der Waals surface area contributed by atoms with Gasteiger partial charge in [0.2, 0.25) is 0 Å². The minimum absolute atomic E-state index is 0.0672. The van der Waals surface area contributed by atoms with Gasteiger partial charge in [-0.2, -0.15) is 0 Å². The number of aliphatic hydroxyl groups is 3. The van der Waals surface area contributed by atoms with Crippen molar-refractivity contribution in [3.8, 4) is 0 Å². The molecular weight excluding hydrogens is 271 g/mol. The van der Waals surface area contributed by atoms with Gasteiger partial charge in [-0.3, -0.25) is 9.32 Å². The lowest BCUT2D eigenvalue weighted by Gasteiger charge is -2.22. The molecular formula is C7H17N2O8P. The highest BCUT2D eigenvalue weighted by Gasteiger charge is 2.31. The fourth-order valence-electron chi connectivity index (χ4n) is 0.938. The number of phosphoric ester groups is 1. The van der Waals surface area contributed by atoms with E-state index in [4.69, 9.17) is 15.5 Å². The van der Waals surface area contributed by atoms with Gasteiger partial charge in [-0.15, -0.1) is 0 Å². The Kier molecular flexibility index (Phi) is 7.52. The monoisotopic (exact) mass is 288 g/mol. The summed E-state index contributed by atoms with van der Waals surface area (Å²) in [6, 6.07) is 0. The Labute approximate surface area is 103 Å². The van der Waals surface area contributed by atoms with E-state index in [1.165, 1.54) is 0 Å². The van der Waals surface area contributed by atoms with E-state index in [9.17, 15) is 24.7 Å². The zero-order chi connectivity index (χ0) is 14.3. The van der Waals surface area contributed by atoms with E-state index in [0.717, 1.165) is 0 Å². The lowest BCUT2D eigenvalue weighted by Crippen LogP contribution is -2.49. The van der Waals surface area contributed by atoms with Crippen LogP contribution in [-0.4, -0.2) is 69.0 Å². The molecule has 1 amide bonds. The van der Waals surface area contributed by atoms with E-state index in [-0.39, 0.29) is 13.1 Å². The first-order chi connectivity index (χ1) is 8.19. The third-order valence-corrected chi connectivity index (χ3v) is 2.33. The zero-order valence-electron chi connectivity index (χ0n) is 9.34. The molecule has 108 valence electrons. The maximum absolute atomic E-state index is 11.2. The minimum Gasteiger partial charge on any atom is -0.388 e. The second kappa shape index (κ2) is 7.77. The van der Waals surface area contributed by atoms with E-state index in [1.807, 2.05) is 0 Å². The lowest BCUT2D eigenvalue weighted by atomic mass is 10.1. The number of aliphatic hydroxyl groups excluding tert-OH is 3. The fourth-order valence-corrected chi connectivity index (χ4v) is 1.28. The predicted molar refractivity (Wildman–Crippen MR) is 58.1 cm³/mol. The normalized spacial score (nSPS) is 17.0. The van der Waals surface area contributed by atoms with Crippen LogP contribution in [-0.2, 0) is 13.9 Å². The molecule has 0 unspecified atom stereocenters. The summed E-state index contributed by atoms with van der Waals surface area (Å²) < 4.78 is 14.2. The molecule has 3 atom stereocenters. The van der Waals surface area contributed by atoms with Gasteiger partial charge in [-0.1, -0.05) is 0 Å². The molecule has 10 nitrogen and oxygen atoms in total. The number of amides is 1. The van der Waals surface area contributed by atoms with Crippen LogP contribution < -0.4 is 11.1 Å². The van der Waals surface area contributed by atoms with Crippen molar-refractivity contribution in [3.63, 3.8) is 0 Å². The van der Waals surface area contributed by atoms with Gasteiger partial charge in [0.1, 0.15) is 12.2 Å². The van der Waals surface area contributed by atoms with Crippen LogP contribution in [0.15, 0.2) is 0 Å². The average Bonchev–Trinajstić information content (AvgIpc) is 2.29. The number of nitrogens with two attached hydrogens (primary N) is 1. The van der Waals surface area contributed by atoms with Crippen molar-refractivity contribution in [2.24, 2.45) is 5.73 Å². The first-order valence-corrected chi connectivity index (χ1v) is 6.44. The van der Waals surface area contributed by atoms with Crippen molar-refractivity contribution < 1.29 is 39.0 Å². The smallest absolute Gasteiger partial charge is 0.388 e. The Bertz CT molecular complexity index is 308. The van der Waals surface area contributed by atoms with Gasteiger partial charge < -0.3 is 36.2 Å². The molecule has 0 bridgehead atoms. The molecule has 11 heteroatoms. The van der Waals surface area contributed by atoms with Gasteiger partial charge in [0.25, 0.3) is 5.91 Å². The van der Waals surface area contributed by atoms with Crippen LogP contribution in [0.5, 0.6) is 0 Å². The summed E-state index contributed by atoms with van der Waals surface area (Å²) in [6.45, 7) is -0.747. The first-order valence-electron chi connectivity index (χ1n) is 4.91. The largest absolute Gasteiger partial charge is 0.469 e. The second-order valence-electron chi connectivity index (χ2n) is 3.37. The fraction of sp³-hybridized carbons (Fsp3) is 0.857. The van der Waals surface area contributed by atoms with Crippen molar-refractivity contribution in [2.75, 3.05) is 19.7 Å². The maximum Gasteiger partial charge on any atom is 0.469 e. The van der Waals surface area contributed by atoms with Crippen molar-refractivity contribution in [3.05, 3.63) is 0 Å². The van der Waals surface area contributed by atoms with Crippen LogP contribution in [0.1, 0.15) is 0 Å². The van der Waals surface area contributed by atoms with Crippen LogP contribution >= 0.6 is 7.82 Å². The van der Waals surface area contributed by atoms with Gasteiger partial charge in [-0.05, 0) is 0 Å². The van der Waals surface area contributed by atoms with Gasteiger partial charge in [0.05, 0.1) is 6.61 Å². The summed E-state index contributed by atoms with van der Waals surface area (Å²) in [5, 5.41) is 30.0. The number of hydrogen-bond donors (Lipinski definition) is 7. The number of phosphoric acid groups is 1. The third kappa shape index (κ3) is 6.99. The Balaban J connectivity index is 4.23. The quantitative estimate of drug-likeness (QED) is 0.220. The number of carbonyl (C=O) groups excluding carboxylic acids is 1. The van der Waals surface area contributed by atoms with Crippen molar-refractivity contribution >= 4 is 13.7 Å². The highest BCUT2D eigenvalue weighted by atomic mass is 31.2. The van der Waals surface area contributed by atoms with Crippen LogP contribution in [0.4, 0.5) is 0 Å². The third-order valence-electron chi connectivity index (χ3n) is 1.84. The SMILES string of the molecule is NCCNC(=O)[C@@H](O)[C@H](O)[C@H](O)COP(=O)(O)O. The summed E-state index contributed by atoms with van der Waals surface area (Å²) in [5.74, 6) is -0.969. The van der Waals surface area contributed by atoms with Crippen LogP contribution in [0.25, 0.3) is 0 Å². The molecule has 0 spiro atoms.